The molecule has 0 atom stereocenters. The van der Waals surface area contributed by atoms with Gasteiger partial charge in [0.15, 0.2) is 0 Å². The summed E-state index contributed by atoms with van der Waals surface area (Å²) in [5, 5.41) is 1.21. The van der Waals surface area contributed by atoms with Crippen molar-refractivity contribution in [1.29, 1.82) is 0 Å². The molecule has 1 aliphatic heterocycles. The van der Waals surface area contributed by atoms with E-state index >= 15 is 0 Å². The largest absolute Gasteiger partial charge is 0.444 e. The Bertz CT molecular complexity index is 352. The van der Waals surface area contributed by atoms with Gasteiger partial charge >= 0.3 is 6.09 Å². The molecule has 1 aliphatic carbocycles. The molecule has 102 valence electrons. The van der Waals surface area contributed by atoms with Crippen molar-refractivity contribution in [1.82, 2.24) is 4.90 Å². The van der Waals surface area contributed by atoms with Crippen LogP contribution in [0.1, 0.15) is 33.6 Å². The van der Waals surface area contributed by atoms with Gasteiger partial charge in [-0.15, -0.1) is 11.8 Å². The van der Waals surface area contributed by atoms with E-state index in [0.717, 1.165) is 13.1 Å². The second kappa shape index (κ2) is 5.11. The van der Waals surface area contributed by atoms with Crippen LogP contribution in [0.25, 0.3) is 0 Å². The third-order valence-electron chi connectivity index (χ3n) is 2.95. The van der Waals surface area contributed by atoms with Crippen LogP contribution >= 0.6 is 11.8 Å². The lowest BCUT2D eigenvalue weighted by Crippen LogP contribution is -2.53. The summed E-state index contributed by atoms with van der Waals surface area (Å²) >= 11 is 1.72. The Balaban J connectivity index is 1.80. The van der Waals surface area contributed by atoms with Gasteiger partial charge in [-0.05, 0) is 39.9 Å². The average Bonchev–Trinajstić information content (AvgIpc) is 2.94. The molecule has 0 unspecified atom stereocenters. The number of aliphatic imine (C=N–C) groups is 1. The number of carbonyl (C=O) groups is 1. The van der Waals surface area contributed by atoms with Gasteiger partial charge in [-0.2, -0.15) is 0 Å². The van der Waals surface area contributed by atoms with E-state index in [2.05, 4.69) is 6.26 Å². The van der Waals surface area contributed by atoms with Crippen LogP contribution in [0.4, 0.5) is 4.79 Å². The zero-order valence-electron chi connectivity index (χ0n) is 11.6. The van der Waals surface area contributed by atoms with Crippen molar-refractivity contribution >= 4 is 22.9 Å². The molecule has 1 amide bonds. The van der Waals surface area contributed by atoms with E-state index in [1.165, 1.54) is 17.9 Å². The molecule has 1 heterocycles. The molecule has 0 radical (unpaired) electrons. The molecule has 0 aromatic heterocycles. The smallest absolute Gasteiger partial charge is 0.410 e. The first-order chi connectivity index (χ1) is 8.39. The first-order valence-electron chi connectivity index (χ1n) is 6.48. The number of hydrogen-bond donors (Lipinski definition) is 0. The van der Waals surface area contributed by atoms with Crippen LogP contribution in [0.15, 0.2) is 4.99 Å². The lowest BCUT2D eigenvalue weighted by molar-refractivity contribution is 0.00720. The van der Waals surface area contributed by atoms with Gasteiger partial charge in [0, 0.05) is 19.0 Å². The number of nitrogens with zero attached hydrogens (tertiary/aromatic N) is 2. The number of thioether (sulfide) groups is 1. The first-order valence-corrected chi connectivity index (χ1v) is 7.71. The minimum atomic E-state index is -0.410. The quantitative estimate of drug-likeness (QED) is 0.572. The number of likely N-dealkylation sites (tertiary alicyclic amines) is 1. The van der Waals surface area contributed by atoms with Crippen LogP contribution in [0.2, 0.25) is 0 Å². The maximum Gasteiger partial charge on any atom is 0.410 e. The topological polar surface area (TPSA) is 41.9 Å². The summed E-state index contributed by atoms with van der Waals surface area (Å²) in [5.74, 6) is 0.424. The maximum atomic E-state index is 11.8. The first kappa shape index (κ1) is 13.7. The van der Waals surface area contributed by atoms with Gasteiger partial charge in [-0.25, -0.2) is 4.79 Å². The monoisotopic (exact) mass is 270 g/mol. The molecule has 18 heavy (non-hydrogen) atoms. The maximum absolute atomic E-state index is 11.8. The highest BCUT2D eigenvalue weighted by molar-refractivity contribution is 8.13. The van der Waals surface area contributed by atoms with E-state index in [1.54, 1.807) is 16.7 Å². The Kier molecular flexibility index (Phi) is 3.90. The number of ether oxygens (including phenoxy) is 1. The third kappa shape index (κ3) is 3.64. The van der Waals surface area contributed by atoms with Crippen molar-refractivity contribution in [3.63, 3.8) is 0 Å². The molecule has 4 nitrogen and oxygen atoms in total. The van der Waals surface area contributed by atoms with Gasteiger partial charge in [0.05, 0.1) is 11.1 Å². The van der Waals surface area contributed by atoms with E-state index in [-0.39, 0.29) is 6.09 Å². The van der Waals surface area contributed by atoms with Gasteiger partial charge in [0.25, 0.3) is 0 Å². The minimum Gasteiger partial charge on any atom is -0.444 e. The average molecular weight is 270 g/mol. The zero-order chi connectivity index (χ0) is 13.3. The molecule has 1 saturated heterocycles. The van der Waals surface area contributed by atoms with Crippen LogP contribution in [0, 0.1) is 5.92 Å². The van der Waals surface area contributed by atoms with Gasteiger partial charge in [-0.3, -0.25) is 4.99 Å². The van der Waals surface area contributed by atoms with Crippen molar-refractivity contribution in [2.75, 3.05) is 19.3 Å². The fourth-order valence-electron chi connectivity index (χ4n) is 1.82. The Labute approximate surface area is 113 Å². The Morgan fingerprint density at radius 2 is 1.94 bits per heavy atom. The number of amides is 1. The Morgan fingerprint density at radius 1 is 1.33 bits per heavy atom. The number of hydrogen-bond acceptors (Lipinski definition) is 4. The number of rotatable bonds is 2. The van der Waals surface area contributed by atoms with Gasteiger partial charge in [0.2, 0.25) is 0 Å². The lowest BCUT2D eigenvalue weighted by Gasteiger charge is -2.39. The molecule has 0 bridgehead atoms. The predicted molar refractivity (Wildman–Crippen MR) is 75.3 cm³/mol. The van der Waals surface area contributed by atoms with E-state index in [0.29, 0.717) is 12.0 Å². The van der Waals surface area contributed by atoms with Gasteiger partial charge in [0.1, 0.15) is 5.60 Å². The van der Waals surface area contributed by atoms with Crippen LogP contribution in [0.5, 0.6) is 0 Å². The third-order valence-corrected chi connectivity index (χ3v) is 3.81. The van der Waals surface area contributed by atoms with E-state index < -0.39 is 5.60 Å². The minimum absolute atomic E-state index is 0.203. The highest BCUT2D eigenvalue weighted by atomic mass is 32.2. The van der Waals surface area contributed by atoms with Crippen LogP contribution in [-0.2, 0) is 4.74 Å². The van der Waals surface area contributed by atoms with E-state index in [9.17, 15) is 4.79 Å². The fourth-order valence-corrected chi connectivity index (χ4v) is 2.56. The highest BCUT2D eigenvalue weighted by Gasteiger charge is 2.37. The van der Waals surface area contributed by atoms with E-state index in [1.807, 2.05) is 20.8 Å². The molecule has 2 fully saturated rings. The molecule has 0 aromatic rings. The summed E-state index contributed by atoms with van der Waals surface area (Å²) in [7, 11) is 0. The molecule has 5 heteroatoms. The summed E-state index contributed by atoms with van der Waals surface area (Å²) in [5.41, 5.74) is -0.410. The van der Waals surface area contributed by atoms with Crippen molar-refractivity contribution in [3.8, 4) is 0 Å². The zero-order valence-corrected chi connectivity index (χ0v) is 12.4. The lowest BCUT2D eigenvalue weighted by atomic mass is 10.0. The SMILES string of the molecule is CSC(=NC1CC1)C1CN(C(=O)OC(C)(C)C)C1. The highest BCUT2D eigenvalue weighted by Crippen LogP contribution is 2.29. The number of carbonyl (C=O) groups excluding carboxylic acids is 1. The summed E-state index contributed by atoms with van der Waals surface area (Å²) in [4.78, 5) is 18.2. The molecule has 2 rings (SSSR count). The Hall–Kier alpha value is -0.710. The summed E-state index contributed by atoms with van der Waals surface area (Å²) < 4.78 is 5.34. The standard InChI is InChI=1S/C13H22N2O2S/c1-13(2,3)17-12(16)15-7-9(8-15)11(18-4)14-10-5-6-10/h9-10H,5-8H2,1-4H3. The van der Waals surface area contributed by atoms with Crippen molar-refractivity contribution in [2.24, 2.45) is 10.9 Å². The van der Waals surface area contributed by atoms with Crippen molar-refractivity contribution in [2.45, 2.75) is 45.3 Å². The molecule has 0 aromatic carbocycles. The van der Waals surface area contributed by atoms with Crippen molar-refractivity contribution in [3.05, 3.63) is 0 Å². The van der Waals surface area contributed by atoms with Crippen LogP contribution < -0.4 is 0 Å². The summed E-state index contributed by atoms with van der Waals surface area (Å²) in [6.45, 7) is 7.18. The summed E-state index contributed by atoms with van der Waals surface area (Å²) in [6, 6.07) is 0.558. The Morgan fingerprint density at radius 3 is 2.39 bits per heavy atom. The normalized spacial score (nSPS) is 21.8. The summed E-state index contributed by atoms with van der Waals surface area (Å²) in [6.07, 6.45) is 4.32. The van der Waals surface area contributed by atoms with Crippen molar-refractivity contribution < 1.29 is 9.53 Å². The molecular weight excluding hydrogens is 248 g/mol. The second-order valence-corrected chi connectivity index (χ2v) is 6.81. The fraction of sp³-hybridized carbons (Fsp3) is 0.846. The van der Waals surface area contributed by atoms with Gasteiger partial charge < -0.3 is 9.64 Å². The van der Waals surface area contributed by atoms with Crippen LogP contribution in [-0.4, -0.2) is 47.0 Å². The van der Waals surface area contributed by atoms with E-state index in [4.69, 9.17) is 9.73 Å². The molecule has 2 aliphatic rings. The molecule has 0 spiro atoms. The predicted octanol–water partition coefficient (Wildman–Crippen LogP) is 2.78. The molecular formula is C13H22N2O2S. The van der Waals surface area contributed by atoms with Crippen LogP contribution in [0.3, 0.4) is 0 Å². The molecule has 1 saturated carbocycles. The molecule has 0 N–H and O–H groups in total. The van der Waals surface area contributed by atoms with Gasteiger partial charge in [-0.1, -0.05) is 0 Å². The second-order valence-electron chi connectivity index (χ2n) is 5.98.